The Hall–Kier alpha value is -1.59. The number of halogens is 2. The van der Waals surface area contributed by atoms with Crippen LogP contribution in [0.1, 0.15) is 17.2 Å². The number of nitrogens with one attached hydrogen (secondary N) is 1. The van der Waals surface area contributed by atoms with E-state index < -0.39 is 0 Å². The molecule has 1 fully saturated rings. The van der Waals surface area contributed by atoms with E-state index in [-0.39, 0.29) is 18.4 Å². The van der Waals surface area contributed by atoms with Gasteiger partial charge in [-0.2, -0.15) is 0 Å². The minimum absolute atomic E-state index is 0.0887. The molecular weight excluding hydrogens is 371 g/mol. The topological polar surface area (TPSA) is 41.6 Å². The lowest BCUT2D eigenvalue weighted by Gasteiger charge is -2.35. The molecule has 1 heterocycles. The van der Waals surface area contributed by atoms with Crippen molar-refractivity contribution in [2.75, 3.05) is 32.8 Å². The minimum atomic E-state index is -0.0887. The first-order valence-corrected chi connectivity index (χ1v) is 9.47. The molecule has 0 aliphatic carbocycles. The van der Waals surface area contributed by atoms with Gasteiger partial charge in [0.1, 0.15) is 0 Å². The molecule has 0 bridgehead atoms. The van der Waals surface area contributed by atoms with Crippen LogP contribution in [-0.2, 0) is 16.0 Å². The quantitative estimate of drug-likeness (QED) is 0.813. The highest BCUT2D eigenvalue weighted by atomic mass is 35.5. The van der Waals surface area contributed by atoms with Crippen LogP contribution in [0, 0.1) is 0 Å². The van der Waals surface area contributed by atoms with E-state index in [1.165, 1.54) is 5.56 Å². The second kappa shape index (κ2) is 9.38. The third-order valence-electron chi connectivity index (χ3n) is 4.56. The van der Waals surface area contributed by atoms with Gasteiger partial charge < -0.3 is 10.1 Å². The van der Waals surface area contributed by atoms with Crippen LogP contribution < -0.4 is 5.32 Å². The van der Waals surface area contributed by atoms with Gasteiger partial charge >= 0.3 is 0 Å². The zero-order valence-electron chi connectivity index (χ0n) is 14.5. The van der Waals surface area contributed by atoms with Gasteiger partial charge in [0.15, 0.2) is 0 Å². The summed E-state index contributed by atoms with van der Waals surface area (Å²) in [4.78, 5) is 14.8. The Balaban J connectivity index is 1.66. The third-order valence-corrected chi connectivity index (χ3v) is 5.27. The van der Waals surface area contributed by atoms with Crippen LogP contribution in [0.25, 0.3) is 0 Å². The molecule has 138 valence electrons. The van der Waals surface area contributed by atoms with Gasteiger partial charge in [0, 0.05) is 29.7 Å². The molecule has 4 nitrogen and oxygen atoms in total. The Morgan fingerprint density at radius 1 is 1.04 bits per heavy atom. The summed E-state index contributed by atoms with van der Waals surface area (Å²) in [6.07, 6.45) is 0.170. The number of carbonyl (C=O) groups is 1. The fourth-order valence-corrected chi connectivity index (χ4v) is 3.69. The zero-order chi connectivity index (χ0) is 18.4. The largest absolute Gasteiger partial charge is 0.379 e. The van der Waals surface area contributed by atoms with E-state index in [2.05, 4.69) is 22.3 Å². The number of rotatable bonds is 6. The van der Waals surface area contributed by atoms with Crippen LogP contribution in [0.15, 0.2) is 48.5 Å². The highest BCUT2D eigenvalue weighted by Crippen LogP contribution is 2.25. The molecular formula is C20H22Cl2N2O2. The van der Waals surface area contributed by atoms with Gasteiger partial charge in [-0.05, 0) is 23.3 Å². The van der Waals surface area contributed by atoms with Crippen molar-refractivity contribution >= 4 is 29.1 Å². The van der Waals surface area contributed by atoms with Gasteiger partial charge in [-0.15, -0.1) is 0 Å². The fourth-order valence-electron chi connectivity index (χ4n) is 3.16. The molecule has 0 spiro atoms. The van der Waals surface area contributed by atoms with Crippen molar-refractivity contribution in [1.29, 1.82) is 0 Å². The standard InChI is InChI=1S/C20H22Cl2N2O2/c21-17-7-4-8-18(22)16(17)13-20(25)23-14-19(15-5-2-1-3-6-15)24-9-11-26-12-10-24/h1-8,19H,9-14H2,(H,23,25). The van der Waals surface area contributed by atoms with Crippen LogP contribution in [-0.4, -0.2) is 43.7 Å². The molecule has 1 atom stereocenters. The van der Waals surface area contributed by atoms with E-state index in [9.17, 15) is 4.79 Å². The molecule has 1 saturated heterocycles. The predicted molar refractivity (Wildman–Crippen MR) is 105 cm³/mol. The van der Waals surface area contributed by atoms with Crippen LogP contribution in [0.2, 0.25) is 10.0 Å². The minimum Gasteiger partial charge on any atom is -0.379 e. The maximum Gasteiger partial charge on any atom is 0.224 e. The first kappa shape index (κ1) is 19.2. The molecule has 26 heavy (non-hydrogen) atoms. The van der Waals surface area contributed by atoms with Gasteiger partial charge in [-0.3, -0.25) is 9.69 Å². The van der Waals surface area contributed by atoms with E-state index in [1.54, 1.807) is 18.2 Å². The van der Waals surface area contributed by atoms with Crippen molar-refractivity contribution in [1.82, 2.24) is 10.2 Å². The monoisotopic (exact) mass is 392 g/mol. The highest BCUT2D eigenvalue weighted by molar-refractivity contribution is 6.36. The molecule has 0 saturated carbocycles. The number of ether oxygens (including phenoxy) is 1. The SMILES string of the molecule is O=C(Cc1c(Cl)cccc1Cl)NCC(c1ccccc1)N1CCOCC1. The van der Waals surface area contributed by atoms with E-state index >= 15 is 0 Å². The lowest BCUT2D eigenvalue weighted by Crippen LogP contribution is -2.44. The number of carbonyl (C=O) groups excluding carboxylic acids is 1. The van der Waals surface area contributed by atoms with Crippen LogP contribution in [0.4, 0.5) is 0 Å². The molecule has 1 aliphatic rings. The Morgan fingerprint density at radius 2 is 1.69 bits per heavy atom. The number of hydrogen-bond donors (Lipinski definition) is 1. The summed E-state index contributed by atoms with van der Waals surface area (Å²) in [5.74, 6) is -0.0887. The molecule has 3 rings (SSSR count). The second-order valence-electron chi connectivity index (χ2n) is 6.26. The van der Waals surface area contributed by atoms with Crippen molar-refractivity contribution in [2.45, 2.75) is 12.5 Å². The summed E-state index contributed by atoms with van der Waals surface area (Å²) >= 11 is 12.3. The number of morpholine rings is 1. The maximum absolute atomic E-state index is 12.5. The molecule has 1 aliphatic heterocycles. The summed E-state index contributed by atoms with van der Waals surface area (Å²) in [6.45, 7) is 3.67. The van der Waals surface area contributed by atoms with E-state index in [0.29, 0.717) is 35.4 Å². The van der Waals surface area contributed by atoms with Gasteiger partial charge in [0.25, 0.3) is 0 Å². The summed E-state index contributed by atoms with van der Waals surface area (Å²) in [5, 5.41) is 4.07. The normalized spacial score (nSPS) is 16.2. The molecule has 1 N–H and O–H groups in total. The summed E-state index contributed by atoms with van der Waals surface area (Å²) in [6, 6.07) is 15.6. The molecule has 6 heteroatoms. The molecule has 1 amide bonds. The Bertz CT molecular complexity index is 714. The molecule has 0 aromatic heterocycles. The fraction of sp³-hybridized carbons (Fsp3) is 0.350. The van der Waals surface area contributed by atoms with Crippen molar-refractivity contribution in [3.05, 3.63) is 69.7 Å². The zero-order valence-corrected chi connectivity index (χ0v) is 16.0. The summed E-state index contributed by atoms with van der Waals surface area (Å²) < 4.78 is 5.46. The predicted octanol–water partition coefficient (Wildman–Crippen LogP) is 3.73. The maximum atomic E-state index is 12.5. The highest BCUT2D eigenvalue weighted by Gasteiger charge is 2.23. The van der Waals surface area contributed by atoms with E-state index in [1.807, 2.05) is 18.2 Å². The summed E-state index contributed by atoms with van der Waals surface area (Å²) in [5.41, 5.74) is 1.85. The Morgan fingerprint density at radius 3 is 2.35 bits per heavy atom. The first-order chi connectivity index (χ1) is 12.6. The van der Waals surface area contributed by atoms with Crippen molar-refractivity contribution < 1.29 is 9.53 Å². The molecule has 2 aromatic carbocycles. The van der Waals surface area contributed by atoms with Crippen LogP contribution >= 0.6 is 23.2 Å². The Kier molecular flexibility index (Phi) is 6.92. The summed E-state index contributed by atoms with van der Waals surface area (Å²) in [7, 11) is 0. The third kappa shape index (κ3) is 4.98. The van der Waals surface area contributed by atoms with Gasteiger partial charge in [0.2, 0.25) is 5.91 Å². The van der Waals surface area contributed by atoms with Crippen LogP contribution in [0.5, 0.6) is 0 Å². The van der Waals surface area contributed by atoms with Crippen molar-refractivity contribution in [3.8, 4) is 0 Å². The molecule has 2 aromatic rings. The molecule has 0 radical (unpaired) electrons. The number of nitrogens with zero attached hydrogens (tertiary/aromatic N) is 1. The van der Waals surface area contributed by atoms with E-state index in [0.717, 1.165) is 13.1 Å². The first-order valence-electron chi connectivity index (χ1n) is 8.71. The van der Waals surface area contributed by atoms with Gasteiger partial charge in [-0.25, -0.2) is 0 Å². The smallest absolute Gasteiger partial charge is 0.224 e. The van der Waals surface area contributed by atoms with Gasteiger partial charge in [-0.1, -0.05) is 59.6 Å². The number of benzene rings is 2. The van der Waals surface area contributed by atoms with Crippen molar-refractivity contribution in [2.24, 2.45) is 0 Å². The lowest BCUT2D eigenvalue weighted by molar-refractivity contribution is -0.120. The van der Waals surface area contributed by atoms with Gasteiger partial charge in [0.05, 0.1) is 25.7 Å². The number of hydrogen-bond acceptors (Lipinski definition) is 3. The van der Waals surface area contributed by atoms with E-state index in [4.69, 9.17) is 27.9 Å². The second-order valence-corrected chi connectivity index (χ2v) is 7.07. The Labute approximate surface area is 164 Å². The molecule has 1 unspecified atom stereocenters. The van der Waals surface area contributed by atoms with Crippen LogP contribution in [0.3, 0.4) is 0 Å². The average molecular weight is 393 g/mol. The average Bonchev–Trinajstić information content (AvgIpc) is 2.67. The lowest BCUT2D eigenvalue weighted by atomic mass is 10.0. The van der Waals surface area contributed by atoms with Crippen molar-refractivity contribution in [3.63, 3.8) is 0 Å². The number of amides is 1.